The first-order chi connectivity index (χ1) is 20.5. The Hall–Kier alpha value is -4.09. The molecule has 0 aromatic heterocycles. The zero-order chi connectivity index (χ0) is 28.9. The highest BCUT2D eigenvalue weighted by atomic mass is 16.5. The van der Waals surface area contributed by atoms with E-state index in [0.717, 1.165) is 48.5 Å². The number of amides is 1. The van der Waals surface area contributed by atoms with Gasteiger partial charge in [-0.1, -0.05) is 92.7 Å². The second kappa shape index (κ2) is 12.8. The summed E-state index contributed by atoms with van der Waals surface area (Å²) in [5, 5.41) is 0. The summed E-state index contributed by atoms with van der Waals surface area (Å²) in [5.41, 5.74) is 7.54. The van der Waals surface area contributed by atoms with Crippen LogP contribution in [0, 0.1) is 0 Å². The molecule has 1 amide bonds. The molecular weight excluding hydrogens is 522 g/mol. The molecule has 0 aliphatic carbocycles. The van der Waals surface area contributed by atoms with Crippen LogP contribution in [-0.2, 0) is 31.0 Å². The third-order valence-electron chi connectivity index (χ3n) is 8.37. The van der Waals surface area contributed by atoms with Crippen LogP contribution in [-0.4, -0.2) is 24.0 Å². The first-order valence-corrected chi connectivity index (χ1v) is 15.0. The second-order valence-electron chi connectivity index (χ2n) is 11.7. The van der Waals surface area contributed by atoms with Crippen molar-refractivity contribution in [1.29, 1.82) is 0 Å². The van der Waals surface area contributed by atoms with Crippen molar-refractivity contribution >= 4 is 5.91 Å². The number of fused-ring (bicyclic) bond motifs is 1. The SMILES string of the molecule is CC(C)c1cc(C(=O)N2Cc3ccc(C4CCOCC4)cc3C2)c(OCc2ccccc2)cc1OCc1ccccc1. The first kappa shape index (κ1) is 28.0. The summed E-state index contributed by atoms with van der Waals surface area (Å²) in [7, 11) is 0. The molecule has 6 rings (SSSR count). The lowest BCUT2D eigenvalue weighted by Crippen LogP contribution is -2.26. The van der Waals surface area contributed by atoms with E-state index in [2.05, 4.69) is 44.2 Å². The minimum atomic E-state index is -0.0154. The van der Waals surface area contributed by atoms with E-state index in [1.807, 2.05) is 65.6 Å². The fourth-order valence-corrected chi connectivity index (χ4v) is 5.92. The van der Waals surface area contributed by atoms with Crippen molar-refractivity contribution in [2.75, 3.05) is 13.2 Å². The van der Waals surface area contributed by atoms with Gasteiger partial charge in [0.25, 0.3) is 5.91 Å². The van der Waals surface area contributed by atoms with Crippen LogP contribution < -0.4 is 9.47 Å². The Morgan fingerprint density at radius 2 is 1.40 bits per heavy atom. The van der Waals surface area contributed by atoms with E-state index in [0.29, 0.717) is 43.5 Å². The highest BCUT2D eigenvalue weighted by Gasteiger charge is 2.29. The molecule has 216 valence electrons. The molecule has 5 nitrogen and oxygen atoms in total. The van der Waals surface area contributed by atoms with Crippen LogP contribution in [0.5, 0.6) is 11.5 Å². The van der Waals surface area contributed by atoms with Gasteiger partial charge in [0.05, 0.1) is 5.56 Å². The molecule has 1 saturated heterocycles. The van der Waals surface area contributed by atoms with Gasteiger partial charge >= 0.3 is 0 Å². The molecule has 0 spiro atoms. The molecular formula is C37H39NO4. The fraction of sp³-hybridized carbons (Fsp3) is 0.324. The van der Waals surface area contributed by atoms with Gasteiger partial charge < -0.3 is 19.1 Å². The zero-order valence-electron chi connectivity index (χ0n) is 24.6. The Labute approximate surface area is 249 Å². The van der Waals surface area contributed by atoms with Crippen molar-refractivity contribution in [3.63, 3.8) is 0 Å². The maximum Gasteiger partial charge on any atom is 0.258 e. The lowest BCUT2D eigenvalue weighted by Gasteiger charge is -2.23. The van der Waals surface area contributed by atoms with E-state index >= 15 is 0 Å². The van der Waals surface area contributed by atoms with E-state index < -0.39 is 0 Å². The Morgan fingerprint density at radius 1 is 0.786 bits per heavy atom. The summed E-state index contributed by atoms with van der Waals surface area (Å²) < 4.78 is 18.3. The maximum atomic E-state index is 14.2. The summed E-state index contributed by atoms with van der Waals surface area (Å²) in [4.78, 5) is 16.1. The average molecular weight is 562 g/mol. The van der Waals surface area contributed by atoms with Crippen molar-refractivity contribution in [2.45, 2.75) is 64.8 Å². The van der Waals surface area contributed by atoms with Crippen LogP contribution in [0.3, 0.4) is 0 Å². The molecule has 42 heavy (non-hydrogen) atoms. The standard InChI is InChI=1S/C37H39NO4/c1-26(2)33-20-34(37(39)38-22-31-14-13-30(19-32(31)23-38)29-15-17-40-18-16-29)36(42-25-28-11-7-4-8-12-28)21-35(33)41-24-27-9-5-3-6-10-27/h3-14,19-21,26,29H,15-18,22-25H2,1-2H3. The number of rotatable bonds is 9. The van der Waals surface area contributed by atoms with Crippen molar-refractivity contribution in [1.82, 2.24) is 4.90 Å². The van der Waals surface area contributed by atoms with Gasteiger partial charge in [0.15, 0.2) is 0 Å². The van der Waals surface area contributed by atoms with Crippen molar-refractivity contribution < 1.29 is 19.0 Å². The number of hydrogen-bond acceptors (Lipinski definition) is 4. The summed E-state index contributed by atoms with van der Waals surface area (Å²) >= 11 is 0. The summed E-state index contributed by atoms with van der Waals surface area (Å²) in [6.07, 6.45) is 2.11. The van der Waals surface area contributed by atoms with Crippen LogP contribution >= 0.6 is 0 Å². The minimum absolute atomic E-state index is 0.0154. The molecule has 0 saturated carbocycles. The molecule has 4 aromatic carbocycles. The fourth-order valence-electron chi connectivity index (χ4n) is 5.92. The zero-order valence-corrected chi connectivity index (χ0v) is 24.6. The molecule has 0 unspecified atom stereocenters. The predicted molar refractivity (Wildman–Crippen MR) is 165 cm³/mol. The van der Waals surface area contributed by atoms with Crippen molar-refractivity contribution in [3.05, 3.63) is 130 Å². The molecule has 5 heteroatoms. The van der Waals surface area contributed by atoms with Gasteiger partial charge in [0.2, 0.25) is 0 Å². The van der Waals surface area contributed by atoms with Crippen LogP contribution in [0.1, 0.15) is 82.3 Å². The van der Waals surface area contributed by atoms with Crippen LogP contribution in [0.4, 0.5) is 0 Å². The molecule has 0 atom stereocenters. The van der Waals surface area contributed by atoms with Gasteiger partial charge in [0, 0.05) is 32.4 Å². The lowest BCUT2D eigenvalue weighted by atomic mass is 9.90. The van der Waals surface area contributed by atoms with E-state index in [9.17, 15) is 4.79 Å². The van der Waals surface area contributed by atoms with E-state index in [-0.39, 0.29) is 11.8 Å². The highest BCUT2D eigenvalue weighted by molar-refractivity contribution is 5.98. The lowest BCUT2D eigenvalue weighted by molar-refractivity contribution is 0.0746. The van der Waals surface area contributed by atoms with Crippen molar-refractivity contribution in [2.24, 2.45) is 0 Å². The molecule has 4 aromatic rings. The van der Waals surface area contributed by atoms with E-state index in [1.54, 1.807) is 0 Å². The van der Waals surface area contributed by atoms with Gasteiger partial charge in [-0.05, 0) is 64.1 Å². The summed E-state index contributed by atoms with van der Waals surface area (Å²) in [6.45, 7) is 7.93. The molecule has 0 bridgehead atoms. The molecule has 1 fully saturated rings. The van der Waals surface area contributed by atoms with E-state index in [1.165, 1.54) is 16.7 Å². The quantitative estimate of drug-likeness (QED) is 0.208. The van der Waals surface area contributed by atoms with Crippen molar-refractivity contribution in [3.8, 4) is 11.5 Å². The number of ether oxygens (including phenoxy) is 3. The summed E-state index contributed by atoms with van der Waals surface area (Å²) in [6, 6.07) is 30.9. The number of carbonyl (C=O) groups is 1. The van der Waals surface area contributed by atoms with Gasteiger partial charge in [-0.15, -0.1) is 0 Å². The smallest absolute Gasteiger partial charge is 0.258 e. The summed E-state index contributed by atoms with van der Waals surface area (Å²) in [5.74, 6) is 1.99. The Kier molecular flexibility index (Phi) is 8.57. The monoisotopic (exact) mass is 561 g/mol. The maximum absolute atomic E-state index is 14.2. The third kappa shape index (κ3) is 6.37. The van der Waals surface area contributed by atoms with E-state index in [4.69, 9.17) is 14.2 Å². The third-order valence-corrected chi connectivity index (χ3v) is 8.37. The number of carbonyl (C=O) groups excluding carboxylic acids is 1. The van der Waals surface area contributed by atoms with Crippen LogP contribution in [0.15, 0.2) is 91.0 Å². The molecule has 0 radical (unpaired) electrons. The minimum Gasteiger partial charge on any atom is -0.488 e. The van der Waals surface area contributed by atoms with Gasteiger partial charge in [-0.3, -0.25) is 4.79 Å². The Morgan fingerprint density at radius 3 is 2.05 bits per heavy atom. The first-order valence-electron chi connectivity index (χ1n) is 15.0. The molecule has 2 heterocycles. The topological polar surface area (TPSA) is 48.0 Å². The van der Waals surface area contributed by atoms with Crippen LogP contribution in [0.25, 0.3) is 0 Å². The van der Waals surface area contributed by atoms with Crippen LogP contribution in [0.2, 0.25) is 0 Å². The number of benzene rings is 4. The van der Waals surface area contributed by atoms with Gasteiger partial charge in [-0.2, -0.15) is 0 Å². The largest absolute Gasteiger partial charge is 0.488 e. The number of nitrogens with zero attached hydrogens (tertiary/aromatic N) is 1. The predicted octanol–water partition coefficient (Wildman–Crippen LogP) is 8.02. The second-order valence-corrected chi connectivity index (χ2v) is 11.7. The normalized spacial score (nSPS) is 15.1. The molecule has 2 aliphatic rings. The number of hydrogen-bond donors (Lipinski definition) is 0. The molecule has 0 N–H and O–H groups in total. The Balaban J connectivity index is 1.28. The average Bonchev–Trinajstić information content (AvgIpc) is 3.47. The van der Waals surface area contributed by atoms with Gasteiger partial charge in [-0.25, -0.2) is 0 Å². The van der Waals surface area contributed by atoms with Gasteiger partial charge in [0.1, 0.15) is 24.7 Å². The molecule has 2 aliphatic heterocycles. The highest BCUT2D eigenvalue weighted by Crippen LogP contribution is 2.37. The Bertz CT molecular complexity index is 1510.